The standard InChI is InChI=1S/C15H23Cl2NO2/c1-15(2,6-3-7-19)10-18-9-14(20)12-8-11(16)4-5-13(12)17/h4-5,8,14,18-20H,3,6-7,9-10H2,1-2H3. The summed E-state index contributed by atoms with van der Waals surface area (Å²) < 4.78 is 0. The highest BCUT2D eigenvalue weighted by Crippen LogP contribution is 2.26. The minimum atomic E-state index is -0.685. The summed E-state index contributed by atoms with van der Waals surface area (Å²) in [5.74, 6) is 0. The summed E-state index contributed by atoms with van der Waals surface area (Å²) in [5.41, 5.74) is 0.723. The Hall–Kier alpha value is -0.320. The van der Waals surface area contributed by atoms with Gasteiger partial charge in [0.05, 0.1) is 6.10 Å². The summed E-state index contributed by atoms with van der Waals surface area (Å²) in [4.78, 5) is 0. The minimum Gasteiger partial charge on any atom is -0.396 e. The molecule has 20 heavy (non-hydrogen) atoms. The molecular formula is C15H23Cl2NO2. The molecule has 0 amide bonds. The van der Waals surface area contributed by atoms with E-state index >= 15 is 0 Å². The van der Waals surface area contributed by atoms with E-state index in [2.05, 4.69) is 19.2 Å². The maximum absolute atomic E-state index is 10.2. The summed E-state index contributed by atoms with van der Waals surface area (Å²) in [5, 5.41) is 23.3. The van der Waals surface area contributed by atoms with Crippen molar-refractivity contribution in [2.75, 3.05) is 19.7 Å². The van der Waals surface area contributed by atoms with Crippen molar-refractivity contribution in [3.8, 4) is 0 Å². The second-order valence-electron chi connectivity index (χ2n) is 5.80. The second-order valence-corrected chi connectivity index (χ2v) is 6.65. The van der Waals surface area contributed by atoms with Crippen LogP contribution in [0.4, 0.5) is 0 Å². The number of halogens is 2. The third-order valence-electron chi connectivity index (χ3n) is 3.27. The Labute approximate surface area is 130 Å². The molecule has 1 unspecified atom stereocenters. The highest BCUT2D eigenvalue weighted by Gasteiger charge is 2.18. The van der Waals surface area contributed by atoms with Crippen molar-refractivity contribution in [3.05, 3.63) is 33.8 Å². The number of rotatable bonds is 8. The summed E-state index contributed by atoms with van der Waals surface area (Å²) in [6.07, 6.45) is 1.04. The fraction of sp³-hybridized carbons (Fsp3) is 0.600. The number of benzene rings is 1. The third kappa shape index (κ3) is 5.98. The average molecular weight is 320 g/mol. The molecule has 114 valence electrons. The van der Waals surface area contributed by atoms with E-state index in [9.17, 15) is 5.11 Å². The zero-order valence-corrected chi connectivity index (χ0v) is 13.5. The Bertz CT molecular complexity index is 424. The molecule has 1 aromatic rings. The lowest BCUT2D eigenvalue weighted by atomic mass is 9.88. The van der Waals surface area contributed by atoms with Gasteiger partial charge in [-0.05, 0) is 36.5 Å². The fourth-order valence-corrected chi connectivity index (χ4v) is 2.50. The van der Waals surface area contributed by atoms with Crippen molar-refractivity contribution in [1.29, 1.82) is 0 Å². The molecule has 0 heterocycles. The largest absolute Gasteiger partial charge is 0.396 e. The minimum absolute atomic E-state index is 0.0839. The van der Waals surface area contributed by atoms with Crippen LogP contribution in [0.25, 0.3) is 0 Å². The Balaban J connectivity index is 2.47. The Kier molecular flexibility index (Phi) is 7.27. The molecule has 0 saturated heterocycles. The van der Waals surface area contributed by atoms with Gasteiger partial charge in [0.25, 0.3) is 0 Å². The van der Waals surface area contributed by atoms with Crippen molar-refractivity contribution >= 4 is 23.2 Å². The van der Waals surface area contributed by atoms with Gasteiger partial charge in [0.15, 0.2) is 0 Å². The zero-order valence-electron chi connectivity index (χ0n) is 12.0. The molecule has 0 aliphatic heterocycles. The third-order valence-corrected chi connectivity index (χ3v) is 3.85. The van der Waals surface area contributed by atoms with Gasteiger partial charge in [-0.15, -0.1) is 0 Å². The Morgan fingerprint density at radius 2 is 2.00 bits per heavy atom. The van der Waals surface area contributed by atoms with Gasteiger partial charge >= 0.3 is 0 Å². The number of aliphatic hydroxyl groups excluding tert-OH is 2. The predicted molar refractivity (Wildman–Crippen MR) is 84.4 cm³/mol. The molecule has 1 rings (SSSR count). The van der Waals surface area contributed by atoms with Crippen LogP contribution in [0.3, 0.4) is 0 Å². The van der Waals surface area contributed by atoms with Crippen molar-refractivity contribution in [3.63, 3.8) is 0 Å². The monoisotopic (exact) mass is 319 g/mol. The van der Waals surface area contributed by atoms with Gasteiger partial charge in [0.1, 0.15) is 0 Å². The lowest BCUT2D eigenvalue weighted by Crippen LogP contribution is -2.32. The van der Waals surface area contributed by atoms with Gasteiger partial charge in [0.2, 0.25) is 0 Å². The molecule has 5 heteroatoms. The van der Waals surface area contributed by atoms with Gasteiger partial charge in [0, 0.05) is 35.3 Å². The summed E-state index contributed by atoms with van der Waals surface area (Å²) in [6.45, 7) is 5.66. The van der Waals surface area contributed by atoms with E-state index in [0.717, 1.165) is 19.4 Å². The number of hydrogen-bond acceptors (Lipinski definition) is 3. The molecule has 0 aromatic heterocycles. The molecule has 0 spiro atoms. The molecule has 1 aromatic carbocycles. The molecule has 0 fully saturated rings. The lowest BCUT2D eigenvalue weighted by molar-refractivity contribution is 0.165. The quantitative estimate of drug-likeness (QED) is 0.688. The topological polar surface area (TPSA) is 52.5 Å². The van der Waals surface area contributed by atoms with Crippen LogP contribution in [-0.2, 0) is 0 Å². The molecule has 0 aliphatic carbocycles. The van der Waals surface area contributed by atoms with Gasteiger partial charge in [-0.2, -0.15) is 0 Å². The van der Waals surface area contributed by atoms with E-state index in [-0.39, 0.29) is 12.0 Å². The van der Waals surface area contributed by atoms with Gasteiger partial charge in [-0.1, -0.05) is 37.0 Å². The van der Waals surface area contributed by atoms with Crippen molar-refractivity contribution in [2.45, 2.75) is 32.8 Å². The highest BCUT2D eigenvalue weighted by molar-refractivity contribution is 6.33. The van der Waals surface area contributed by atoms with Gasteiger partial charge in [-0.3, -0.25) is 0 Å². The normalized spacial score (nSPS) is 13.5. The van der Waals surface area contributed by atoms with Crippen LogP contribution < -0.4 is 5.32 Å². The number of nitrogens with one attached hydrogen (secondary N) is 1. The first-order valence-corrected chi connectivity index (χ1v) is 7.56. The molecule has 0 saturated carbocycles. The first-order chi connectivity index (χ1) is 9.35. The van der Waals surface area contributed by atoms with Crippen molar-refractivity contribution in [1.82, 2.24) is 5.32 Å². The second kappa shape index (κ2) is 8.20. The fourth-order valence-electron chi connectivity index (χ4n) is 2.07. The predicted octanol–water partition coefficient (Wildman–Crippen LogP) is 3.42. The van der Waals surface area contributed by atoms with Crippen LogP contribution in [0.15, 0.2) is 18.2 Å². The number of hydrogen-bond donors (Lipinski definition) is 3. The van der Waals surface area contributed by atoms with E-state index in [0.29, 0.717) is 22.2 Å². The van der Waals surface area contributed by atoms with Crippen LogP contribution in [0.5, 0.6) is 0 Å². The molecule has 3 N–H and O–H groups in total. The van der Waals surface area contributed by atoms with Crippen molar-refractivity contribution < 1.29 is 10.2 Å². The Morgan fingerprint density at radius 1 is 1.30 bits per heavy atom. The van der Waals surface area contributed by atoms with Gasteiger partial charge in [-0.25, -0.2) is 0 Å². The van der Waals surface area contributed by atoms with E-state index < -0.39 is 6.10 Å². The molecule has 0 radical (unpaired) electrons. The van der Waals surface area contributed by atoms with Crippen LogP contribution >= 0.6 is 23.2 Å². The van der Waals surface area contributed by atoms with E-state index in [1.807, 2.05) is 0 Å². The zero-order chi connectivity index (χ0) is 15.2. The first-order valence-electron chi connectivity index (χ1n) is 6.80. The van der Waals surface area contributed by atoms with Crippen molar-refractivity contribution in [2.24, 2.45) is 5.41 Å². The number of aliphatic hydroxyl groups is 2. The highest BCUT2D eigenvalue weighted by atomic mass is 35.5. The van der Waals surface area contributed by atoms with Crippen LogP contribution in [-0.4, -0.2) is 29.9 Å². The molecule has 0 aliphatic rings. The molecular weight excluding hydrogens is 297 g/mol. The summed E-state index contributed by atoms with van der Waals surface area (Å²) >= 11 is 12.0. The van der Waals surface area contributed by atoms with E-state index in [1.54, 1.807) is 18.2 Å². The van der Waals surface area contributed by atoms with Crippen LogP contribution in [0.2, 0.25) is 10.0 Å². The molecule has 3 nitrogen and oxygen atoms in total. The van der Waals surface area contributed by atoms with Crippen LogP contribution in [0.1, 0.15) is 38.4 Å². The molecule has 0 bridgehead atoms. The summed E-state index contributed by atoms with van der Waals surface area (Å²) in [6, 6.07) is 5.08. The maximum Gasteiger partial charge on any atom is 0.0929 e. The van der Waals surface area contributed by atoms with Gasteiger partial charge < -0.3 is 15.5 Å². The maximum atomic E-state index is 10.2. The van der Waals surface area contributed by atoms with E-state index in [4.69, 9.17) is 28.3 Å². The Morgan fingerprint density at radius 3 is 2.65 bits per heavy atom. The SMILES string of the molecule is CC(C)(CCCO)CNCC(O)c1cc(Cl)ccc1Cl. The molecule has 1 atom stereocenters. The van der Waals surface area contributed by atoms with E-state index in [1.165, 1.54) is 0 Å². The lowest BCUT2D eigenvalue weighted by Gasteiger charge is -2.25. The first kappa shape index (κ1) is 17.7. The van der Waals surface area contributed by atoms with Crippen LogP contribution in [0, 0.1) is 5.41 Å². The average Bonchev–Trinajstić information content (AvgIpc) is 2.39. The summed E-state index contributed by atoms with van der Waals surface area (Å²) in [7, 11) is 0. The smallest absolute Gasteiger partial charge is 0.0929 e.